The molecule has 2 aromatic rings. The average molecular weight is 219 g/mol. The van der Waals surface area contributed by atoms with Gasteiger partial charge in [0.05, 0.1) is 6.04 Å². The van der Waals surface area contributed by atoms with E-state index in [0.29, 0.717) is 18.1 Å². The molecule has 0 unspecified atom stereocenters. The fourth-order valence-corrected chi connectivity index (χ4v) is 1.32. The Hall–Kier alpha value is -1.88. The summed E-state index contributed by atoms with van der Waals surface area (Å²) in [5.74, 6) is 1.28. The van der Waals surface area contributed by atoms with Crippen molar-refractivity contribution in [3.05, 3.63) is 41.5 Å². The van der Waals surface area contributed by atoms with Gasteiger partial charge in [-0.25, -0.2) is 0 Å². The normalized spacial score (nSPS) is 12.6. The van der Waals surface area contributed by atoms with Crippen molar-refractivity contribution in [3.63, 3.8) is 0 Å². The third-order valence-electron chi connectivity index (χ3n) is 2.17. The number of phenolic OH excluding ortho intramolecular Hbond substituents is 1. The molecule has 5 heteroatoms. The van der Waals surface area contributed by atoms with E-state index in [9.17, 15) is 0 Å². The lowest BCUT2D eigenvalue weighted by Crippen LogP contribution is -2.05. The molecule has 0 aliphatic rings. The Morgan fingerprint density at radius 1 is 1.38 bits per heavy atom. The van der Waals surface area contributed by atoms with Crippen LogP contribution in [0.1, 0.15) is 30.2 Å². The molecular weight excluding hydrogens is 206 g/mol. The first kappa shape index (κ1) is 10.6. The lowest BCUT2D eigenvalue weighted by Gasteiger charge is -1.96. The first-order valence-electron chi connectivity index (χ1n) is 5.01. The van der Waals surface area contributed by atoms with Gasteiger partial charge in [-0.1, -0.05) is 17.3 Å². The first-order valence-corrected chi connectivity index (χ1v) is 5.01. The van der Waals surface area contributed by atoms with E-state index in [0.717, 1.165) is 5.56 Å². The van der Waals surface area contributed by atoms with Gasteiger partial charge >= 0.3 is 0 Å². The monoisotopic (exact) mass is 219 g/mol. The standard InChI is InChI=1S/C11H13N3O2/c1-7(12)11-13-10(14-16-11)6-8-2-4-9(15)5-3-8/h2-5,7,15H,6,12H2,1H3/t7-/m1/s1. The summed E-state index contributed by atoms with van der Waals surface area (Å²) in [7, 11) is 0. The summed E-state index contributed by atoms with van der Waals surface area (Å²) in [6.45, 7) is 1.79. The van der Waals surface area contributed by atoms with Crippen molar-refractivity contribution < 1.29 is 9.63 Å². The molecule has 1 heterocycles. The number of aromatic hydroxyl groups is 1. The van der Waals surface area contributed by atoms with E-state index in [1.807, 2.05) is 12.1 Å². The maximum Gasteiger partial charge on any atom is 0.243 e. The Morgan fingerprint density at radius 2 is 2.06 bits per heavy atom. The summed E-state index contributed by atoms with van der Waals surface area (Å²) in [5, 5.41) is 13.0. The van der Waals surface area contributed by atoms with Crippen molar-refractivity contribution in [1.29, 1.82) is 0 Å². The number of benzene rings is 1. The van der Waals surface area contributed by atoms with Crippen LogP contribution in [0.3, 0.4) is 0 Å². The van der Waals surface area contributed by atoms with E-state index in [2.05, 4.69) is 10.1 Å². The van der Waals surface area contributed by atoms with Crippen LogP contribution in [-0.4, -0.2) is 15.2 Å². The van der Waals surface area contributed by atoms with E-state index >= 15 is 0 Å². The number of rotatable bonds is 3. The number of hydrogen-bond acceptors (Lipinski definition) is 5. The molecule has 1 aromatic carbocycles. The van der Waals surface area contributed by atoms with Gasteiger partial charge in [0.1, 0.15) is 5.75 Å². The molecule has 0 bridgehead atoms. The van der Waals surface area contributed by atoms with Gasteiger partial charge in [-0.3, -0.25) is 0 Å². The largest absolute Gasteiger partial charge is 0.508 e. The molecule has 0 radical (unpaired) electrons. The molecule has 2 rings (SSSR count). The van der Waals surface area contributed by atoms with Crippen LogP contribution in [0.25, 0.3) is 0 Å². The second kappa shape index (κ2) is 4.32. The Bertz CT molecular complexity index is 462. The summed E-state index contributed by atoms with van der Waals surface area (Å²) >= 11 is 0. The molecule has 0 aliphatic carbocycles. The first-order chi connectivity index (χ1) is 7.65. The topological polar surface area (TPSA) is 85.2 Å². The summed E-state index contributed by atoms with van der Waals surface area (Å²) < 4.78 is 4.99. The summed E-state index contributed by atoms with van der Waals surface area (Å²) in [4.78, 5) is 4.16. The number of nitrogens with two attached hydrogens (primary N) is 1. The van der Waals surface area contributed by atoms with Gasteiger partial charge in [0.25, 0.3) is 0 Å². The van der Waals surface area contributed by atoms with Gasteiger partial charge in [0.15, 0.2) is 5.82 Å². The molecule has 1 atom stereocenters. The van der Waals surface area contributed by atoms with Gasteiger partial charge in [0, 0.05) is 6.42 Å². The second-order valence-corrected chi connectivity index (χ2v) is 3.68. The second-order valence-electron chi connectivity index (χ2n) is 3.68. The molecule has 3 N–H and O–H groups in total. The molecule has 0 aliphatic heterocycles. The zero-order valence-electron chi connectivity index (χ0n) is 8.92. The average Bonchev–Trinajstić information content (AvgIpc) is 2.70. The maximum absolute atomic E-state index is 9.13. The van der Waals surface area contributed by atoms with Gasteiger partial charge in [-0.05, 0) is 24.6 Å². The van der Waals surface area contributed by atoms with Crippen LogP contribution in [-0.2, 0) is 6.42 Å². The van der Waals surface area contributed by atoms with Crippen molar-refractivity contribution in [1.82, 2.24) is 10.1 Å². The molecule has 0 spiro atoms. The predicted molar refractivity (Wildman–Crippen MR) is 57.8 cm³/mol. The number of nitrogens with zero attached hydrogens (tertiary/aromatic N) is 2. The Kier molecular flexibility index (Phi) is 2.87. The fourth-order valence-electron chi connectivity index (χ4n) is 1.32. The van der Waals surface area contributed by atoms with E-state index in [1.54, 1.807) is 19.1 Å². The van der Waals surface area contributed by atoms with E-state index < -0.39 is 0 Å². The Labute approximate surface area is 92.9 Å². The van der Waals surface area contributed by atoms with Gasteiger partial charge < -0.3 is 15.4 Å². The van der Waals surface area contributed by atoms with Gasteiger partial charge in [0.2, 0.25) is 5.89 Å². The minimum atomic E-state index is -0.249. The number of hydrogen-bond donors (Lipinski definition) is 2. The molecule has 0 saturated carbocycles. The van der Waals surface area contributed by atoms with Crippen molar-refractivity contribution in [2.24, 2.45) is 5.73 Å². The van der Waals surface area contributed by atoms with Crippen LogP contribution < -0.4 is 5.73 Å². The van der Waals surface area contributed by atoms with Crippen LogP contribution in [0.4, 0.5) is 0 Å². The molecule has 16 heavy (non-hydrogen) atoms. The molecule has 5 nitrogen and oxygen atoms in total. The molecule has 84 valence electrons. The van der Waals surface area contributed by atoms with E-state index in [-0.39, 0.29) is 11.8 Å². The van der Waals surface area contributed by atoms with Crippen LogP contribution in [0.5, 0.6) is 5.75 Å². The third-order valence-corrected chi connectivity index (χ3v) is 2.17. The zero-order valence-corrected chi connectivity index (χ0v) is 8.92. The highest BCUT2D eigenvalue weighted by Crippen LogP contribution is 2.13. The van der Waals surface area contributed by atoms with Crippen molar-refractivity contribution >= 4 is 0 Å². The summed E-state index contributed by atoms with van der Waals surface area (Å²) in [6.07, 6.45) is 0.566. The number of phenols is 1. The maximum atomic E-state index is 9.13. The molecule has 0 fully saturated rings. The van der Waals surface area contributed by atoms with Crippen LogP contribution in [0.2, 0.25) is 0 Å². The minimum absolute atomic E-state index is 0.244. The molecular formula is C11H13N3O2. The summed E-state index contributed by atoms with van der Waals surface area (Å²) in [5.41, 5.74) is 6.62. The quantitative estimate of drug-likeness (QED) is 0.814. The highest BCUT2D eigenvalue weighted by atomic mass is 16.5. The van der Waals surface area contributed by atoms with Crippen molar-refractivity contribution in [2.45, 2.75) is 19.4 Å². The Morgan fingerprint density at radius 3 is 2.62 bits per heavy atom. The highest BCUT2D eigenvalue weighted by Gasteiger charge is 2.10. The smallest absolute Gasteiger partial charge is 0.243 e. The highest BCUT2D eigenvalue weighted by molar-refractivity contribution is 5.27. The molecule has 1 aromatic heterocycles. The van der Waals surface area contributed by atoms with Crippen LogP contribution in [0.15, 0.2) is 28.8 Å². The van der Waals surface area contributed by atoms with Gasteiger partial charge in [-0.15, -0.1) is 0 Å². The summed E-state index contributed by atoms with van der Waals surface area (Å²) in [6, 6.07) is 6.64. The van der Waals surface area contributed by atoms with Crippen LogP contribution in [0, 0.1) is 0 Å². The lowest BCUT2D eigenvalue weighted by molar-refractivity contribution is 0.358. The SMILES string of the molecule is C[C@@H](N)c1nc(Cc2ccc(O)cc2)no1. The lowest BCUT2D eigenvalue weighted by atomic mass is 10.1. The third kappa shape index (κ3) is 2.38. The minimum Gasteiger partial charge on any atom is -0.508 e. The zero-order chi connectivity index (χ0) is 11.5. The van der Waals surface area contributed by atoms with E-state index in [1.165, 1.54) is 0 Å². The van der Waals surface area contributed by atoms with E-state index in [4.69, 9.17) is 15.4 Å². The van der Waals surface area contributed by atoms with Gasteiger partial charge in [-0.2, -0.15) is 4.98 Å². The molecule has 0 saturated heterocycles. The predicted octanol–water partition coefficient (Wildman–Crippen LogP) is 1.39. The number of aromatic nitrogens is 2. The van der Waals surface area contributed by atoms with Crippen LogP contribution >= 0.6 is 0 Å². The fraction of sp³-hybridized carbons (Fsp3) is 0.273. The van der Waals surface area contributed by atoms with Crippen molar-refractivity contribution in [2.75, 3.05) is 0 Å². The molecule has 0 amide bonds. The van der Waals surface area contributed by atoms with Crippen molar-refractivity contribution in [3.8, 4) is 5.75 Å². The Balaban J connectivity index is 2.11.